The van der Waals surface area contributed by atoms with Crippen molar-refractivity contribution in [3.8, 4) is 0 Å². The van der Waals surface area contributed by atoms with E-state index in [9.17, 15) is 14.4 Å². The van der Waals surface area contributed by atoms with Crippen LogP contribution in [0.4, 0.5) is 0 Å². The normalized spacial score (nSPS) is 13.4. The molecule has 0 amide bonds. The van der Waals surface area contributed by atoms with Crippen molar-refractivity contribution in [2.24, 2.45) is 5.73 Å². The molecule has 1 rings (SSSR count). The number of hydrogen-bond acceptors (Lipinski definition) is 6. The van der Waals surface area contributed by atoms with Gasteiger partial charge in [0.15, 0.2) is 0 Å². The molecule has 2 N–H and O–H groups in total. The fourth-order valence-electron chi connectivity index (χ4n) is 1.58. The Labute approximate surface area is 128 Å². The zero-order valence-electron chi connectivity index (χ0n) is 12.6. The number of rotatable bonds is 6. The lowest BCUT2D eigenvalue weighted by molar-refractivity contribution is -0.168. The maximum absolute atomic E-state index is 11.9. The van der Waals surface area contributed by atoms with Crippen LogP contribution in [0.25, 0.3) is 6.08 Å². The summed E-state index contributed by atoms with van der Waals surface area (Å²) in [5, 5.41) is 0. The van der Waals surface area contributed by atoms with E-state index in [4.69, 9.17) is 10.5 Å². The third kappa shape index (κ3) is 4.53. The first-order valence-electron chi connectivity index (χ1n) is 6.89. The first kappa shape index (κ1) is 17.6. The first-order chi connectivity index (χ1) is 10.4. The number of benzene rings is 1. The zero-order valence-corrected chi connectivity index (χ0v) is 12.6. The van der Waals surface area contributed by atoms with Crippen LogP contribution in [0.2, 0.25) is 0 Å². The molecule has 0 fully saturated rings. The number of nitrogens with two attached hydrogens (primary N) is 1. The highest BCUT2D eigenvalue weighted by molar-refractivity contribution is 6.09. The summed E-state index contributed by atoms with van der Waals surface area (Å²) in [6, 6.07) is 9.01. The molecule has 0 bridgehead atoms. The van der Waals surface area contributed by atoms with E-state index in [2.05, 4.69) is 4.74 Å². The molecule has 0 spiro atoms. The van der Waals surface area contributed by atoms with Crippen LogP contribution >= 0.6 is 0 Å². The zero-order chi connectivity index (χ0) is 16.6. The van der Waals surface area contributed by atoms with Gasteiger partial charge in [0.25, 0.3) is 0 Å². The summed E-state index contributed by atoms with van der Waals surface area (Å²) in [7, 11) is 0. The van der Waals surface area contributed by atoms with E-state index in [1.165, 1.54) is 13.0 Å². The molecule has 22 heavy (non-hydrogen) atoms. The molecule has 6 heteroatoms. The van der Waals surface area contributed by atoms with E-state index in [1.807, 2.05) is 6.07 Å². The van der Waals surface area contributed by atoms with E-state index >= 15 is 0 Å². The molecule has 1 aromatic carbocycles. The Balaban J connectivity index is 2.72. The number of esters is 3. The Morgan fingerprint density at radius 2 is 1.77 bits per heavy atom. The molecule has 1 aromatic rings. The molecule has 0 radical (unpaired) electrons. The number of carbonyl (C=O) groups excluding carboxylic acids is 3. The molecular weight excluding hydrogens is 286 g/mol. The molecule has 118 valence electrons. The largest absolute Gasteiger partial charge is 0.464 e. The highest BCUT2D eigenvalue weighted by atomic mass is 16.6. The summed E-state index contributed by atoms with van der Waals surface area (Å²) in [6.07, 6.45) is 2.54. The van der Waals surface area contributed by atoms with Gasteiger partial charge in [0.1, 0.15) is 0 Å². The van der Waals surface area contributed by atoms with Gasteiger partial charge >= 0.3 is 17.9 Å². The molecule has 0 aliphatic carbocycles. The van der Waals surface area contributed by atoms with Crippen molar-refractivity contribution in [3.63, 3.8) is 0 Å². The summed E-state index contributed by atoms with van der Waals surface area (Å²) in [5.41, 5.74) is 4.49. The van der Waals surface area contributed by atoms with Gasteiger partial charge in [0, 0.05) is 6.08 Å². The quantitative estimate of drug-likeness (QED) is 0.485. The molecule has 1 atom stereocenters. The summed E-state index contributed by atoms with van der Waals surface area (Å²) in [6.45, 7) is 3.20. The van der Waals surface area contributed by atoms with Crippen molar-refractivity contribution in [2.45, 2.75) is 25.8 Å². The van der Waals surface area contributed by atoms with Gasteiger partial charge in [-0.3, -0.25) is 0 Å². The van der Waals surface area contributed by atoms with Gasteiger partial charge in [-0.05, 0) is 25.0 Å². The average Bonchev–Trinajstić information content (AvgIpc) is 2.53. The van der Waals surface area contributed by atoms with E-state index in [-0.39, 0.29) is 13.0 Å². The van der Waals surface area contributed by atoms with Crippen LogP contribution in [0.5, 0.6) is 0 Å². The van der Waals surface area contributed by atoms with Crippen LogP contribution in [0, 0.1) is 0 Å². The molecular formula is C16H19NO5. The lowest BCUT2D eigenvalue weighted by Gasteiger charge is -2.22. The van der Waals surface area contributed by atoms with Gasteiger partial charge in [0.05, 0.1) is 6.61 Å². The van der Waals surface area contributed by atoms with Crippen molar-refractivity contribution >= 4 is 24.0 Å². The van der Waals surface area contributed by atoms with Gasteiger partial charge in [-0.15, -0.1) is 0 Å². The second-order valence-electron chi connectivity index (χ2n) is 4.50. The minimum Gasteiger partial charge on any atom is -0.464 e. The topological polar surface area (TPSA) is 95.7 Å². The average molecular weight is 305 g/mol. The van der Waals surface area contributed by atoms with Crippen LogP contribution < -0.4 is 5.73 Å². The van der Waals surface area contributed by atoms with Gasteiger partial charge in [-0.25, -0.2) is 14.4 Å². The van der Waals surface area contributed by atoms with E-state index in [1.54, 1.807) is 31.2 Å². The lowest BCUT2D eigenvalue weighted by atomic mass is 9.98. The Morgan fingerprint density at radius 3 is 2.32 bits per heavy atom. The minimum atomic E-state index is -1.98. The Morgan fingerprint density at radius 1 is 1.14 bits per heavy atom. The van der Waals surface area contributed by atoms with Crippen molar-refractivity contribution in [3.05, 3.63) is 42.0 Å². The minimum absolute atomic E-state index is 0.0413. The first-order valence-corrected chi connectivity index (χ1v) is 6.89. The fraction of sp³-hybridized carbons (Fsp3) is 0.312. The van der Waals surface area contributed by atoms with Crippen molar-refractivity contribution in [1.82, 2.24) is 0 Å². The van der Waals surface area contributed by atoms with Crippen molar-refractivity contribution in [2.75, 3.05) is 6.61 Å². The van der Waals surface area contributed by atoms with Crippen LogP contribution in [0.3, 0.4) is 0 Å². The Kier molecular flexibility index (Phi) is 6.47. The van der Waals surface area contributed by atoms with Crippen molar-refractivity contribution < 1.29 is 23.9 Å². The van der Waals surface area contributed by atoms with Gasteiger partial charge in [-0.1, -0.05) is 37.3 Å². The van der Waals surface area contributed by atoms with Gasteiger partial charge in [0.2, 0.25) is 5.54 Å². The monoisotopic (exact) mass is 305 g/mol. The standard InChI is InChI=1S/C16H19NO5/c1-3-16(17,14(19)21-4-2)15(20)22-13(18)11-10-12-8-6-5-7-9-12/h5-11H,3-4,17H2,1-2H3. The molecule has 0 heterocycles. The number of ether oxygens (including phenoxy) is 2. The van der Waals surface area contributed by atoms with Gasteiger partial charge < -0.3 is 15.2 Å². The maximum Gasteiger partial charge on any atom is 0.345 e. The summed E-state index contributed by atoms with van der Waals surface area (Å²) >= 11 is 0. The molecule has 0 aromatic heterocycles. The van der Waals surface area contributed by atoms with E-state index < -0.39 is 23.4 Å². The molecule has 0 aliphatic rings. The smallest absolute Gasteiger partial charge is 0.345 e. The molecule has 1 unspecified atom stereocenters. The Hall–Kier alpha value is -2.47. The van der Waals surface area contributed by atoms with Crippen LogP contribution in [0.15, 0.2) is 36.4 Å². The van der Waals surface area contributed by atoms with Gasteiger partial charge in [-0.2, -0.15) is 0 Å². The summed E-state index contributed by atoms with van der Waals surface area (Å²) in [5.74, 6) is -2.94. The van der Waals surface area contributed by atoms with Crippen LogP contribution in [-0.4, -0.2) is 30.1 Å². The number of carbonyl (C=O) groups is 3. The third-order valence-corrected chi connectivity index (χ3v) is 2.97. The maximum atomic E-state index is 11.9. The fourth-order valence-corrected chi connectivity index (χ4v) is 1.58. The molecule has 6 nitrogen and oxygen atoms in total. The second kappa shape index (κ2) is 8.09. The molecule has 0 saturated heterocycles. The Bertz CT molecular complexity index is 567. The summed E-state index contributed by atoms with van der Waals surface area (Å²) < 4.78 is 9.34. The predicted molar refractivity (Wildman–Crippen MR) is 80.4 cm³/mol. The van der Waals surface area contributed by atoms with Crippen LogP contribution in [0.1, 0.15) is 25.8 Å². The highest BCUT2D eigenvalue weighted by Crippen LogP contribution is 2.12. The van der Waals surface area contributed by atoms with Crippen LogP contribution in [-0.2, 0) is 23.9 Å². The molecule has 0 aliphatic heterocycles. The van der Waals surface area contributed by atoms with E-state index in [0.29, 0.717) is 0 Å². The third-order valence-electron chi connectivity index (χ3n) is 2.97. The number of hydrogen-bond donors (Lipinski definition) is 1. The second-order valence-corrected chi connectivity index (χ2v) is 4.50. The van der Waals surface area contributed by atoms with Crippen molar-refractivity contribution in [1.29, 1.82) is 0 Å². The van der Waals surface area contributed by atoms with E-state index in [0.717, 1.165) is 11.6 Å². The predicted octanol–water partition coefficient (Wildman–Crippen LogP) is 1.44. The SMILES string of the molecule is CCOC(=O)C(N)(CC)C(=O)OC(=O)C=Cc1ccccc1. The lowest BCUT2D eigenvalue weighted by Crippen LogP contribution is -2.56. The summed E-state index contributed by atoms with van der Waals surface area (Å²) in [4.78, 5) is 35.3. The highest BCUT2D eigenvalue weighted by Gasteiger charge is 2.44. The molecule has 0 saturated carbocycles.